The van der Waals surface area contributed by atoms with E-state index in [2.05, 4.69) is 9.47 Å². The highest BCUT2D eigenvalue weighted by Gasteiger charge is 2.34. The SMILES string of the molecule is C/C=C/C(=O)OC(O)(CO)OC(=O)/C=C/C. The number of rotatable bonds is 5. The van der Waals surface area contributed by atoms with Gasteiger partial charge in [0.25, 0.3) is 0 Å². The first kappa shape index (κ1) is 14.3. The molecule has 0 saturated carbocycles. The molecule has 6 nitrogen and oxygen atoms in total. The highest BCUT2D eigenvalue weighted by molar-refractivity contribution is 5.83. The van der Waals surface area contributed by atoms with E-state index in [4.69, 9.17) is 5.11 Å². The van der Waals surface area contributed by atoms with Crippen LogP contribution in [0.3, 0.4) is 0 Å². The van der Waals surface area contributed by atoms with Gasteiger partial charge in [-0.3, -0.25) is 0 Å². The van der Waals surface area contributed by atoms with E-state index in [9.17, 15) is 14.7 Å². The molecule has 0 unspecified atom stereocenters. The summed E-state index contributed by atoms with van der Waals surface area (Å²) < 4.78 is 8.69. The van der Waals surface area contributed by atoms with Crippen LogP contribution in [-0.2, 0) is 19.1 Å². The molecule has 0 aliphatic carbocycles. The molecule has 0 bridgehead atoms. The van der Waals surface area contributed by atoms with Crippen molar-refractivity contribution in [3.63, 3.8) is 0 Å². The summed E-state index contributed by atoms with van der Waals surface area (Å²) in [7, 11) is 0. The molecule has 0 spiro atoms. The predicted molar refractivity (Wildman–Crippen MR) is 53.8 cm³/mol. The van der Waals surface area contributed by atoms with E-state index in [0.29, 0.717) is 0 Å². The average molecular weight is 230 g/mol. The Kier molecular flexibility index (Phi) is 6.06. The van der Waals surface area contributed by atoms with Gasteiger partial charge in [-0.1, -0.05) is 12.2 Å². The van der Waals surface area contributed by atoms with Gasteiger partial charge in [0.2, 0.25) is 0 Å². The van der Waals surface area contributed by atoms with Crippen LogP contribution in [0.25, 0.3) is 0 Å². The van der Waals surface area contributed by atoms with Crippen LogP contribution in [0.15, 0.2) is 24.3 Å². The Morgan fingerprint density at radius 1 is 1.12 bits per heavy atom. The van der Waals surface area contributed by atoms with Crippen LogP contribution < -0.4 is 0 Å². The second-order valence-electron chi connectivity index (χ2n) is 2.71. The Morgan fingerprint density at radius 2 is 1.50 bits per heavy atom. The van der Waals surface area contributed by atoms with Gasteiger partial charge in [0, 0.05) is 12.2 Å². The molecule has 0 amide bonds. The number of aliphatic hydroxyl groups is 2. The third kappa shape index (κ3) is 5.28. The molecule has 0 radical (unpaired) electrons. The van der Waals surface area contributed by atoms with Crippen molar-refractivity contribution in [2.45, 2.75) is 19.8 Å². The molecular formula is C10H14O6. The van der Waals surface area contributed by atoms with E-state index in [1.165, 1.54) is 12.2 Å². The average Bonchev–Trinajstić information content (AvgIpc) is 2.17. The van der Waals surface area contributed by atoms with Crippen LogP contribution in [0.5, 0.6) is 0 Å². The molecule has 0 rings (SSSR count). The number of hydrogen-bond donors (Lipinski definition) is 2. The maximum atomic E-state index is 11.0. The van der Waals surface area contributed by atoms with Crippen molar-refractivity contribution in [2.75, 3.05) is 6.61 Å². The molecule has 16 heavy (non-hydrogen) atoms. The number of esters is 2. The van der Waals surface area contributed by atoms with Crippen molar-refractivity contribution >= 4 is 11.9 Å². The monoisotopic (exact) mass is 230 g/mol. The molecule has 90 valence electrons. The molecule has 0 fully saturated rings. The van der Waals surface area contributed by atoms with Gasteiger partial charge in [-0.2, -0.15) is 0 Å². The zero-order chi connectivity index (χ0) is 12.6. The van der Waals surface area contributed by atoms with Gasteiger partial charge in [-0.25, -0.2) is 9.59 Å². The number of carbonyl (C=O) groups excluding carboxylic acids is 2. The lowest BCUT2D eigenvalue weighted by Crippen LogP contribution is -2.42. The minimum Gasteiger partial charge on any atom is -0.393 e. The van der Waals surface area contributed by atoms with Crippen LogP contribution in [0.2, 0.25) is 0 Å². The quantitative estimate of drug-likeness (QED) is 0.388. The Hall–Kier alpha value is -1.66. The highest BCUT2D eigenvalue weighted by atomic mass is 16.8. The number of hydrogen-bond acceptors (Lipinski definition) is 6. The summed E-state index contributed by atoms with van der Waals surface area (Å²) in [5, 5.41) is 18.2. The van der Waals surface area contributed by atoms with Crippen molar-refractivity contribution in [1.29, 1.82) is 0 Å². The van der Waals surface area contributed by atoms with Crippen molar-refractivity contribution in [2.24, 2.45) is 0 Å². The van der Waals surface area contributed by atoms with E-state index < -0.39 is 24.5 Å². The molecular weight excluding hydrogens is 216 g/mol. The van der Waals surface area contributed by atoms with E-state index in [0.717, 1.165) is 12.2 Å². The number of carbonyl (C=O) groups is 2. The van der Waals surface area contributed by atoms with Crippen LogP contribution in [0.4, 0.5) is 0 Å². The second kappa shape index (κ2) is 6.76. The molecule has 0 atom stereocenters. The van der Waals surface area contributed by atoms with Gasteiger partial charge in [0.05, 0.1) is 0 Å². The number of ether oxygens (including phenoxy) is 2. The van der Waals surface area contributed by atoms with Crippen molar-refractivity contribution in [1.82, 2.24) is 0 Å². The zero-order valence-electron chi connectivity index (χ0n) is 9.04. The molecule has 6 heteroatoms. The summed E-state index contributed by atoms with van der Waals surface area (Å²) in [5.41, 5.74) is 0. The Morgan fingerprint density at radius 3 is 1.75 bits per heavy atom. The normalized spacial score (nSPS) is 12.0. The lowest BCUT2D eigenvalue weighted by molar-refractivity contribution is -0.333. The molecule has 2 N–H and O–H groups in total. The van der Waals surface area contributed by atoms with Crippen LogP contribution in [0, 0.1) is 0 Å². The maximum Gasteiger partial charge on any atom is 0.398 e. The van der Waals surface area contributed by atoms with Crippen molar-refractivity contribution in [3.8, 4) is 0 Å². The molecule has 0 aromatic rings. The smallest absolute Gasteiger partial charge is 0.393 e. The minimum atomic E-state index is -2.66. The van der Waals surface area contributed by atoms with E-state index in [1.54, 1.807) is 13.8 Å². The van der Waals surface area contributed by atoms with E-state index >= 15 is 0 Å². The van der Waals surface area contributed by atoms with Gasteiger partial charge < -0.3 is 19.7 Å². The fraction of sp³-hybridized carbons (Fsp3) is 0.400. The van der Waals surface area contributed by atoms with E-state index in [1.807, 2.05) is 0 Å². The first-order chi connectivity index (χ1) is 7.47. The first-order valence-corrected chi connectivity index (χ1v) is 4.52. The summed E-state index contributed by atoms with van der Waals surface area (Å²) in [6.07, 6.45) is 4.75. The van der Waals surface area contributed by atoms with Gasteiger partial charge >= 0.3 is 17.9 Å². The Balaban J connectivity index is 4.53. The fourth-order valence-electron chi connectivity index (χ4n) is 0.740. The molecule has 0 heterocycles. The maximum absolute atomic E-state index is 11.0. The van der Waals surface area contributed by atoms with Gasteiger partial charge in [-0.05, 0) is 13.8 Å². The minimum absolute atomic E-state index is 0.938. The largest absolute Gasteiger partial charge is 0.398 e. The Labute approximate surface area is 92.8 Å². The second-order valence-corrected chi connectivity index (χ2v) is 2.71. The summed E-state index contributed by atoms with van der Waals surface area (Å²) >= 11 is 0. The predicted octanol–water partition coefficient (Wildman–Crippen LogP) is -0.137. The van der Waals surface area contributed by atoms with Gasteiger partial charge in [-0.15, -0.1) is 0 Å². The zero-order valence-corrected chi connectivity index (χ0v) is 9.04. The summed E-state index contributed by atoms with van der Waals surface area (Å²) in [4.78, 5) is 21.9. The molecule has 0 aliphatic rings. The van der Waals surface area contributed by atoms with Gasteiger partial charge in [0.15, 0.2) is 0 Å². The lowest BCUT2D eigenvalue weighted by atomic mass is 10.5. The van der Waals surface area contributed by atoms with Crippen LogP contribution in [-0.4, -0.2) is 34.7 Å². The number of aliphatic hydroxyl groups excluding tert-OH is 1. The van der Waals surface area contributed by atoms with Crippen molar-refractivity contribution in [3.05, 3.63) is 24.3 Å². The highest BCUT2D eigenvalue weighted by Crippen LogP contribution is 2.10. The summed E-state index contributed by atoms with van der Waals surface area (Å²) in [6.45, 7) is 2.07. The van der Waals surface area contributed by atoms with Crippen LogP contribution >= 0.6 is 0 Å². The summed E-state index contributed by atoms with van der Waals surface area (Å²) in [6, 6.07) is 0. The molecule has 0 aromatic carbocycles. The third-order valence-electron chi connectivity index (χ3n) is 1.33. The third-order valence-corrected chi connectivity index (χ3v) is 1.33. The van der Waals surface area contributed by atoms with Crippen LogP contribution in [0.1, 0.15) is 13.8 Å². The first-order valence-electron chi connectivity index (χ1n) is 4.52. The molecule has 0 aliphatic heterocycles. The van der Waals surface area contributed by atoms with E-state index in [-0.39, 0.29) is 0 Å². The number of allylic oxidation sites excluding steroid dienone is 2. The fourth-order valence-corrected chi connectivity index (χ4v) is 0.740. The topological polar surface area (TPSA) is 93.1 Å². The molecule has 0 aromatic heterocycles. The summed E-state index contributed by atoms with van der Waals surface area (Å²) in [5.74, 6) is -4.53. The van der Waals surface area contributed by atoms with Crippen molar-refractivity contribution < 1.29 is 29.3 Å². The Bertz CT molecular complexity index is 278. The lowest BCUT2D eigenvalue weighted by Gasteiger charge is -2.23. The molecule has 0 saturated heterocycles. The standard InChI is InChI=1S/C10H14O6/c1-3-5-8(12)15-10(14,7-11)16-9(13)6-4-2/h3-6,11,14H,7H2,1-2H3/b5-3+,6-4+. The van der Waals surface area contributed by atoms with Gasteiger partial charge in [0.1, 0.15) is 6.61 Å².